The summed E-state index contributed by atoms with van der Waals surface area (Å²) in [6.07, 6.45) is 1.59. The molecule has 0 saturated carbocycles. The first kappa shape index (κ1) is 10.2. The van der Waals surface area contributed by atoms with Crippen molar-refractivity contribution in [1.82, 2.24) is 9.97 Å². The minimum absolute atomic E-state index is 0.0364. The third kappa shape index (κ3) is 2.82. The van der Waals surface area contributed by atoms with Gasteiger partial charge in [-0.25, -0.2) is 4.98 Å². The molecule has 0 amide bonds. The second kappa shape index (κ2) is 4.98. The van der Waals surface area contributed by atoms with Crippen LogP contribution in [0.2, 0.25) is 0 Å². The fourth-order valence-corrected chi connectivity index (χ4v) is 1.02. The maximum Gasteiger partial charge on any atom is 0.232 e. The quantitative estimate of drug-likeness (QED) is 0.818. The number of nitrogens with zero attached hydrogens (tertiary/aromatic N) is 2. The third-order valence-electron chi connectivity index (χ3n) is 1.27. The molecule has 0 atom stereocenters. The smallest absolute Gasteiger partial charge is 0.232 e. The van der Waals surface area contributed by atoms with Crippen LogP contribution in [0.1, 0.15) is 0 Å². The molecule has 0 bridgehead atoms. The van der Waals surface area contributed by atoms with Crippen LogP contribution in [-0.4, -0.2) is 35.3 Å². The van der Waals surface area contributed by atoms with Crippen LogP contribution in [0, 0.1) is 0 Å². The molecule has 72 valence electrons. The average Bonchev–Trinajstić information content (AvgIpc) is 2.17. The standard InChI is InChI=1S/C7H10BrN3O2/c1-9-7-10-4-5(8)6(11-7)13-3-2-12/h4,12H,2-3H2,1H3,(H,9,10,11). The topological polar surface area (TPSA) is 67.3 Å². The number of anilines is 1. The van der Waals surface area contributed by atoms with Crippen molar-refractivity contribution in [3.63, 3.8) is 0 Å². The molecule has 1 heterocycles. The van der Waals surface area contributed by atoms with Crippen LogP contribution in [0.4, 0.5) is 5.95 Å². The second-order valence-electron chi connectivity index (χ2n) is 2.17. The van der Waals surface area contributed by atoms with Gasteiger partial charge in [0, 0.05) is 7.05 Å². The van der Waals surface area contributed by atoms with Crippen molar-refractivity contribution >= 4 is 21.9 Å². The lowest BCUT2D eigenvalue weighted by Gasteiger charge is -2.06. The van der Waals surface area contributed by atoms with Crippen molar-refractivity contribution in [2.45, 2.75) is 0 Å². The molecule has 2 N–H and O–H groups in total. The first-order valence-corrected chi connectivity index (χ1v) is 4.51. The summed E-state index contributed by atoms with van der Waals surface area (Å²) < 4.78 is 5.81. The summed E-state index contributed by atoms with van der Waals surface area (Å²) in [6, 6.07) is 0. The molecule has 6 heteroatoms. The molecule has 0 aromatic carbocycles. The van der Waals surface area contributed by atoms with E-state index in [-0.39, 0.29) is 13.2 Å². The summed E-state index contributed by atoms with van der Waals surface area (Å²) >= 11 is 3.23. The summed E-state index contributed by atoms with van der Waals surface area (Å²) in [4.78, 5) is 7.98. The predicted octanol–water partition coefficient (Wildman–Crippen LogP) is 0.652. The maximum absolute atomic E-state index is 8.55. The van der Waals surface area contributed by atoms with Gasteiger partial charge in [0.2, 0.25) is 11.8 Å². The van der Waals surface area contributed by atoms with E-state index in [1.165, 1.54) is 0 Å². The molecule has 0 radical (unpaired) electrons. The van der Waals surface area contributed by atoms with Crippen LogP contribution in [0.3, 0.4) is 0 Å². The van der Waals surface area contributed by atoms with Gasteiger partial charge in [-0.1, -0.05) is 0 Å². The highest BCUT2D eigenvalue weighted by Crippen LogP contribution is 2.21. The molecule has 1 rings (SSSR count). The van der Waals surface area contributed by atoms with Gasteiger partial charge in [-0.05, 0) is 15.9 Å². The zero-order valence-electron chi connectivity index (χ0n) is 7.12. The Morgan fingerprint density at radius 2 is 2.46 bits per heavy atom. The van der Waals surface area contributed by atoms with Crippen LogP contribution < -0.4 is 10.1 Å². The molecular weight excluding hydrogens is 238 g/mol. The number of ether oxygens (including phenoxy) is 1. The number of rotatable bonds is 4. The summed E-state index contributed by atoms with van der Waals surface area (Å²) in [5, 5.41) is 11.3. The van der Waals surface area contributed by atoms with Crippen LogP contribution >= 0.6 is 15.9 Å². The van der Waals surface area contributed by atoms with Gasteiger partial charge in [0.25, 0.3) is 0 Å². The Balaban J connectivity index is 2.78. The fourth-order valence-electron chi connectivity index (χ4n) is 0.715. The normalized spacial score (nSPS) is 9.77. The number of aliphatic hydroxyl groups is 1. The lowest BCUT2D eigenvalue weighted by atomic mass is 10.6. The highest BCUT2D eigenvalue weighted by Gasteiger charge is 2.04. The highest BCUT2D eigenvalue weighted by atomic mass is 79.9. The van der Waals surface area contributed by atoms with Crippen molar-refractivity contribution < 1.29 is 9.84 Å². The summed E-state index contributed by atoms with van der Waals surface area (Å²) in [5.74, 6) is 0.907. The molecular formula is C7H10BrN3O2. The Hall–Kier alpha value is -0.880. The number of nitrogens with one attached hydrogen (secondary N) is 1. The van der Waals surface area contributed by atoms with E-state index >= 15 is 0 Å². The summed E-state index contributed by atoms with van der Waals surface area (Å²) in [5.41, 5.74) is 0. The Morgan fingerprint density at radius 3 is 3.08 bits per heavy atom. The molecule has 0 unspecified atom stereocenters. The van der Waals surface area contributed by atoms with Gasteiger partial charge in [-0.2, -0.15) is 4.98 Å². The zero-order chi connectivity index (χ0) is 9.68. The van der Waals surface area contributed by atoms with Gasteiger partial charge in [0.05, 0.1) is 17.3 Å². The zero-order valence-corrected chi connectivity index (χ0v) is 8.71. The van der Waals surface area contributed by atoms with Crippen LogP contribution in [0.5, 0.6) is 5.88 Å². The van der Waals surface area contributed by atoms with Gasteiger partial charge in [0.1, 0.15) is 6.61 Å². The SMILES string of the molecule is CNc1ncc(Br)c(OCCO)n1. The van der Waals surface area contributed by atoms with Gasteiger partial charge < -0.3 is 15.2 Å². The Bertz CT molecular complexity index is 282. The molecule has 0 aliphatic carbocycles. The third-order valence-corrected chi connectivity index (χ3v) is 1.81. The number of hydrogen-bond acceptors (Lipinski definition) is 5. The first-order chi connectivity index (χ1) is 6.27. The first-order valence-electron chi connectivity index (χ1n) is 3.72. The highest BCUT2D eigenvalue weighted by molar-refractivity contribution is 9.10. The molecule has 0 aliphatic heterocycles. The van der Waals surface area contributed by atoms with Crippen molar-refractivity contribution in [2.24, 2.45) is 0 Å². The second-order valence-corrected chi connectivity index (χ2v) is 3.02. The van der Waals surface area contributed by atoms with Crippen molar-refractivity contribution in [1.29, 1.82) is 0 Å². The van der Waals surface area contributed by atoms with Crippen molar-refractivity contribution in [2.75, 3.05) is 25.6 Å². The van der Waals surface area contributed by atoms with Crippen LogP contribution in [0.15, 0.2) is 10.7 Å². The van der Waals surface area contributed by atoms with Gasteiger partial charge in [-0.15, -0.1) is 0 Å². The van der Waals surface area contributed by atoms with Crippen molar-refractivity contribution in [3.05, 3.63) is 10.7 Å². The van der Waals surface area contributed by atoms with Crippen molar-refractivity contribution in [3.8, 4) is 5.88 Å². The number of aromatic nitrogens is 2. The van der Waals surface area contributed by atoms with E-state index in [0.717, 1.165) is 0 Å². The molecule has 0 aliphatic rings. The number of aliphatic hydroxyl groups excluding tert-OH is 1. The summed E-state index contributed by atoms with van der Waals surface area (Å²) in [6.45, 7) is 0.185. The molecule has 1 aromatic heterocycles. The lowest BCUT2D eigenvalue weighted by molar-refractivity contribution is 0.196. The van der Waals surface area contributed by atoms with E-state index in [1.54, 1.807) is 13.2 Å². The predicted molar refractivity (Wildman–Crippen MR) is 51.9 cm³/mol. The lowest BCUT2D eigenvalue weighted by Crippen LogP contribution is -2.05. The molecule has 0 saturated heterocycles. The Labute approximate surface area is 84.3 Å². The van der Waals surface area contributed by atoms with Gasteiger partial charge >= 0.3 is 0 Å². The minimum Gasteiger partial charge on any atom is -0.474 e. The maximum atomic E-state index is 8.55. The molecule has 5 nitrogen and oxygen atoms in total. The monoisotopic (exact) mass is 247 g/mol. The van der Waals surface area contributed by atoms with Crippen LogP contribution in [0.25, 0.3) is 0 Å². The minimum atomic E-state index is -0.0364. The molecule has 0 spiro atoms. The number of halogens is 1. The summed E-state index contributed by atoms with van der Waals surface area (Å²) in [7, 11) is 1.72. The fraction of sp³-hybridized carbons (Fsp3) is 0.429. The van der Waals surface area contributed by atoms with E-state index in [2.05, 4.69) is 31.2 Å². The largest absolute Gasteiger partial charge is 0.474 e. The van der Waals surface area contributed by atoms with Gasteiger partial charge in [-0.3, -0.25) is 0 Å². The van der Waals surface area contributed by atoms with Crippen LogP contribution in [-0.2, 0) is 0 Å². The van der Waals surface area contributed by atoms with E-state index in [0.29, 0.717) is 16.3 Å². The van der Waals surface area contributed by atoms with E-state index in [1.807, 2.05) is 0 Å². The number of hydrogen-bond donors (Lipinski definition) is 2. The Kier molecular flexibility index (Phi) is 3.91. The van der Waals surface area contributed by atoms with E-state index in [4.69, 9.17) is 9.84 Å². The molecule has 0 fully saturated rings. The average molecular weight is 248 g/mol. The van der Waals surface area contributed by atoms with E-state index in [9.17, 15) is 0 Å². The van der Waals surface area contributed by atoms with Gasteiger partial charge in [0.15, 0.2) is 0 Å². The van der Waals surface area contributed by atoms with E-state index < -0.39 is 0 Å². The molecule has 13 heavy (non-hydrogen) atoms. The molecule has 1 aromatic rings. The Morgan fingerprint density at radius 1 is 1.69 bits per heavy atom.